The van der Waals surface area contributed by atoms with Crippen LogP contribution in [0.5, 0.6) is 0 Å². The first-order valence-electron chi connectivity index (χ1n) is 7.05. The largest absolute Gasteiger partial charge is 0.351 e. The Balaban J connectivity index is 1.89. The van der Waals surface area contributed by atoms with Gasteiger partial charge in [0.05, 0.1) is 11.1 Å². The number of piperazine rings is 1. The van der Waals surface area contributed by atoms with E-state index < -0.39 is 0 Å². The number of hydrogen-bond donors (Lipinski definition) is 1. The zero-order valence-corrected chi connectivity index (χ0v) is 12.6. The van der Waals surface area contributed by atoms with Crippen LogP contribution in [0.4, 0.5) is 5.82 Å². The van der Waals surface area contributed by atoms with Gasteiger partial charge in [-0.2, -0.15) is 5.10 Å². The zero-order valence-electron chi connectivity index (χ0n) is 11.8. The Morgan fingerprint density at radius 2 is 2.10 bits per heavy atom. The lowest BCUT2D eigenvalue weighted by Crippen LogP contribution is -2.44. The van der Waals surface area contributed by atoms with Crippen LogP contribution >= 0.6 is 11.3 Å². The van der Waals surface area contributed by atoms with Gasteiger partial charge in [-0.05, 0) is 18.4 Å². The van der Waals surface area contributed by atoms with Crippen LogP contribution in [0.15, 0.2) is 23.7 Å². The van der Waals surface area contributed by atoms with Gasteiger partial charge in [-0.25, -0.2) is 14.5 Å². The third-order valence-corrected chi connectivity index (χ3v) is 4.49. The highest BCUT2D eigenvalue weighted by atomic mass is 32.1. The number of hydrogen-bond acceptors (Lipinski definition) is 6. The lowest BCUT2D eigenvalue weighted by atomic mass is 10.3. The normalized spacial score (nSPS) is 15.8. The van der Waals surface area contributed by atoms with E-state index in [1.165, 1.54) is 0 Å². The van der Waals surface area contributed by atoms with E-state index in [2.05, 4.69) is 31.7 Å². The molecule has 1 aliphatic rings. The zero-order chi connectivity index (χ0) is 14.2. The summed E-state index contributed by atoms with van der Waals surface area (Å²) in [6, 6.07) is 4.13. The lowest BCUT2D eigenvalue weighted by molar-refractivity contribution is 0.585. The SMILES string of the molecule is Cc1nc2c(N3CCNCC3)nc(-c3cccs3)cn2n1. The topological polar surface area (TPSA) is 58.4 Å². The number of rotatable bonds is 2. The number of fused-ring (bicyclic) bond motifs is 1. The van der Waals surface area contributed by atoms with Crippen molar-refractivity contribution in [3.05, 3.63) is 29.5 Å². The van der Waals surface area contributed by atoms with Crippen LogP contribution in [0.1, 0.15) is 5.82 Å². The maximum absolute atomic E-state index is 4.87. The molecule has 3 aromatic rings. The van der Waals surface area contributed by atoms with Crippen molar-refractivity contribution in [3.63, 3.8) is 0 Å². The molecule has 0 bridgehead atoms. The molecule has 21 heavy (non-hydrogen) atoms. The molecule has 4 heterocycles. The number of aryl methyl sites for hydroxylation is 1. The van der Waals surface area contributed by atoms with E-state index >= 15 is 0 Å². The van der Waals surface area contributed by atoms with E-state index in [9.17, 15) is 0 Å². The fourth-order valence-electron chi connectivity index (χ4n) is 2.61. The summed E-state index contributed by atoms with van der Waals surface area (Å²) in [7, 11) is 0. The van der Waals surface area contributed by atoms with Gasteiger partial charge in [-0.1, -0.05) is 6.07 Å². The lowest BCUT2D eigenvalue weighted by Gasteiger charge is -2.28. The average molecular weight is 300 g/mol. The summed E-state index contributed by atoms with van der Waals surface area (Å²) in [5.74, 6) is 1.71. The molecular weight excluding hydrogens is 284 g/mol. The third-order valence-electron chi connectivity index (χ3n) is 3.60. The Morgan fingerprint density at radius 1 is 1.24 bits per heavy atom. The minimum absolute atomic E-state index is 0.775. The van der Waals surface area contributed by atoms with Crippen molar-refractivity contribution in [2.75, 3.05) is 31.1 Å². The molecule has 0 unspecified atom stereocenters. The van der Waals surface area contributed by atoms with E-state index in [0.717, 1.165) is 54.0 Å². The van der Waals surface area contributed by atoms with Gasteiger partial charge < -0.3 is 10.2 Å². The standard InChI is InChI=1S/C14H16N6S/c1-10-16-14-13(19-6-4-15-5-7-19)17-11(9-20(14)18-10)12-3-2-8-21-12/h2-3,8-9,15H,4-7H2,1H3. The predicted molar refractivity (Wildman–Crippen MR) is 83.9 cm³/mol. The van der Waals surface area contributed by atoms with Crippen molar-refractivity contribution >= 4 is 22.8 Å². The van der Waals surface area contributed by atoms with E-state index in [-0.39, 0.29) is 0 Å². The van der Waals surface area contributed by atoms with Gasteiger partial charge in [0.2, 0.25) is 0 Å². The Labute approximate surface area is 126 Å². The number of thiophene rings is 1. The minimum Gasteiger partial charge on any atom is -0.351 e. The summed E-state index contributed by atoms with van der Waals surface area (Å²) in [6.07, 6.45) is 1.97. The summed E-state index contributed by atoms with van der Waals surface area (Å²) in [4.78, 5) is 12.8. The number of nitrogens with one attached hydrogen (secondary N) is 1. The Kier molecular flexibility index (Phi) is 3.08. The number of anilines is 1. The summed E-state index contributed by atoms with van der Waals surface area (Å²) in [5.41, 5.74) is 1.80. The van der Waals surface area contributed by atoms with Crippen molar-refractivity contribution in [1.82, 2.24) is 24.9 Å². The first kappa shape index (κ1) is 12.7. The molecule has 6 nitrogen and oxygen atoms in total. The third kappa shape index (κ3) is 2.28. The molecule has 1 saturated heterocycles. The summed E-state index contributed by atoms with van der Waals surface area (Å²) < 4.78 is 1.86. The smallest absolute Gasteiger partial charge is 0.198 e. The predicted octanol–water partition coefficient (Wildman–Crippen LogP) is 1.57. The molecule has 0 atom stereocenters. The summed E-state index contributed by atoms with van der Waals surface area (Å²) in [6.45, 7) is 5.76. The van der Waals surface area contributed by atoms with Crippen LogP contribution < -0.4 is 10.2 Å². The van der Waals surface area contributed by atoms with Gasteiger partial charge in [0, 0.05) is 26.2 Å². The van der Waals surface area contributed by atoms with Crippen molar-refractivity contribution in [2.24, 2.45) is 0 Å². The van der Waals surface area contributed by atoms with Gasteiger partial charge in [0.15, 0.2) is 11.5 Å². The van der Waals surface area contributed by atoms with E-state index in [1.807, 2.05) is 23.7 Å². The van der Waals surface area contributed by atoms with E-state index in [4.69, 9.17) is 4.98 Å². The fourth-order valence-corrected chi connectivity index (χ4v) is 3.29. The van der Waals surface area contributed by atoms with Crippen LogP contribution in [-0.4, -0.2) is 45.8 Å². The second-order valence-electron chi connectivity index (χ2n) is 5.09. The van der Waals surface area contributed by atoms with Gasteiger partial charge >= 0.3 is 0 Å². The second kappa shape index (κ2) is 5.09. The highest BCUT2D eigenvalue weighted by Crippen LogP contribution is 2.27. The Morgan fingerprint density at radius 3 is 2.86 bits per heavy atom. The quantitative estimate of drug-likeness (QED) is 0.778. The maximum Gasteiger partial charge on any atom is 0.198 e. The average Bonchev–Trinajstić information content (AvgIpc) is 3.15. The van der Waals surface area contributed by atoms with Crippen molar-refractivity contribution in [1.29, 1.82) is 0 Å². The van der Waals surface area contributed by atoms with Crippen LogP contribution in [0.2, 0.25) is 0 Å². The molecule has 1 fully saturated rings. The van der Waals surface area contributed by atoms with Crippen LogP contribution in [0, 0.1) is 6.92 Å². The van der Waals surface area contributed by atoms with Gasteiger partial charge in [-0.3, -0.25) is 0 Å². The molecule has 3 aromatic heterocycles. The molecule has 0 aromatic carbocycles. The molecule has 108 valence electrons. The monoisotopic (exact) mass is 300 g/mol. The molecule has 1 N–H and O–H groups in total. The van der Waals surface area contributed by atoms with Crippen molar-refractivity contribution in [3.8, 4) is 10.6 Å². The minimum atomic E-state index is 0.775. The fraction of sp³-hybridized carbons (Fsp3) is 0.357. The van der Waals surface area contributed by atoms with Crippen molar-refractivity contribution in [2.45, 2.75) is 6.92 Å². The van der Waals surface area contributed by atoms with E-state index in [0.29, 0.717) is 0 Å². The first-order valence-corrected chi connectivity index (χ1v) is 7.93. The van der Waals surface area contributed by atoms with E-state index in [1.54, 1.807) is 11.3 Å². The highest BCUT2D eigenvalue weighted by molar-refractivity contribution is 7.13. The van der Waals surface area contributed by atoms with Gasteiger partial charge in [0.1, 0.15) is 11.5 Å². The second-order valence-corrected chi connectivity index (χ2v) is 6.04. The molecule has 7 heteroatoms. The first-order chi connectivity index (χ1) is 10.3. The summed E-state index contributed by atoms with van der Waals surface area (Å²) in [5, 5.41) is 9.90. The maximum atomic E-state index is 4.87. The van der Waals surface area contributed by atoms with Crippen molar-refractivity contribution < 1.29 is 0 Å². The number of aromatic nitrogens is 4. The Hall–Kier alpha value is -1.99. The Bertz CT molecular complexity index is 757. The summed E-state index contributed by atoms with van der Waals surface area (Å²) >= 11 is 1.69. The van der Waals surface area contributed by atoms with Gasteiger partial charge in [0.25, 0.3) is 0 Å². The van der Waals surface area contributed by atoms with Crippen LogP contribution in [0.3, 0.4) is 0 Å². The molecule has 1 aliphatic heterocycles. The number of nitrogens with zero attached hydrogens (tertiary/aromatic N) is 5. The molecular formula is C14H16N6S. The molecule has 0 amide bonds. The molecule has 0 radical (unpaired) electrons. The molecule has 0 aliphatic carbocycles. The highest BCUT2D eigenvalue weighted by Gasteiger charge is 2.19. The van der Waals surface area contributed by atoms with Crippen LogP contribution in [0.25, 0.3) is 16.2 Å². The van der Waals surface area contributed by atoms with Gasteiger partial charge in [-0.15, -0.1) is 11.3 Å². The molecule has 4 rings (SSSR count). The molecule has 0 spiro atoms. The van der Waals surface area contributed by atoms with Crippen LogP contribution in [-0.2, 0) is 0 Å². The molecule has 0 saturated carbocycles.